The number of imidazole rings is 1. The number of hydrogen-bond acceptors (Lipinski definition) is 4. The largest absolute Gasteiger partial charge is 0.331 e. The summed E-state index contributed by atoms with van der Waals surface area (Å²) in [6, 6.07) is 2.24. The predicted octanol–water partition coefficient (Wildman–Crippen LogP) is 2.01. The first-order valence-electron chi connectivity index (χ1n) is 4.80. The Kier molecular flexibility index (Phi) is 3.00. The highest BCUT2D eigenvalue weighted by molar-refractivity contribution is 5.91. The topological polar surface area (TPSA) is 90.1 Å². The fourth-order valence-corrected chi connectivity index (χ4v) is 1.32. The summed E-state index contributed by atoms with van der Waals surface area (Å²) in [5.74, 6) is -0.801. The lowest BCUT2D eigenvalue weighted by Crippen LogP contribution is -2.17. The van der Waals surface area contributed by atoms with Crippen LogP contribution in [0.5, 0.6) is 0 Å². The smallest absolute Gasteiger partial charge is 0.307 e. The predicted molar refractivity (Wildman–Crippen MR) is 59.7 cm³/mol. The van der Waals surface area contributed by atoms with Crippen molar-refractivity contribution in [3.63, 3.8) is 0 Å². The molecule has 0 bridgehead atoms. The van der Waals surface area contributed by atoms with E-state index in [1.54, 1.807) is 0 Å². The van der Waals surface area contributed by atoms with Gasteiger partial charge in [0.25, 0.3) is 5.69 Å². The molecule has 1 heterocycles. The van der Waals surface area contributed by atoms with Gasteiger partial charge in [-0.05, 0) is 6.07 Å². The summed E-state index contributed by atoms with van der Waals surface area (Å²) in [5.41, 5.74) is -0.434. The van der Waals surface area contributed by atoms with Crippen LogP contribution in [0.1, 0.15) is 0 Å². The number of carbonyl (C=O) groups excluding carboxylic acids is 1. The lowest BCUT2D eigenvalue weighted by Gasteiger charge is -2.05. The highest BCUT2D eigenvalue weighted by Gasteiger charge is 2.12. The molecule has 0 aliphatic heterocycles. The van der Waals surface area contributed by atoms with Crippen LogP contribution in [0.4, 0.5) is 20.6 Å². The number of nitro groups is 1. The third kappa shape index (κ3) is 2.48. The molecule has 92 valence electrons. The molecule has 1 amide bonds. The van der Waals surface area contributed by atoms with Gasteiger partial charge in [-0.15, -0.1) is 0 Å². The minimum Gasteiger partial charge on any atom is -0.307 e. The minimum atomic E-state index is -0.801. The number of hydrogen-bond donors (Lipinski definition) is 1. The molecule has 1 aromatic carbocycles. The molecule has 0 aliphatic carbocycles. The Hall–Kier alpha value is -2.77. The average molecular weight is 250 g/mol. The number of nitrogens with zero attached hydrogens (tertiary/aromatic N) is 3. The van der Waals surface area contributed by atoms with Crippen LogP contribution in [0.15, 0.2) is 36.9 Å². The lowest BCUT2D eigenvalue weighted by molar-refractivity contribution is -0.385. The molecule has 0 spiro atoms. The monoisotopic (exact) mass is 250 g/mol. The molecule has 0 saturated carbocycles. The minimum absolute atomic E-state index is 0.000370. The van der Waals surface area contributed by atoms with Gasteiger partial charge in [0.2, 0.25) is 0 Å². The quantitative estimate of drug-likeness (QED) is 0.652. The Morgan fingerprint density at radius 1 is 1.44 bits per heavy atom. The fraction of sp³-hybridized carbons (Fsp3) is 0. The van der Waals surface area contributed by atoms with Crippen LogP contribution < -0.4 is 5.32 Å². The standard InChI is InChI=1S/C10H7FN4O3/c11-7-3-8(5-9(4-7)15(17)18)13-10(16)14-2-1-12-6-14/h1-6H,(H,13,16). The highest BCUT2D eigenvalue weighted by Crippen LogP contribution is 2.20. The van der Waals surface area contributed by atoms with Gasteiger partial charge in [-0.2, -0.15) is 0 Å². The average Bonchev–Trinajstić information content (AvgIpc) is 2.81. The molecule has 0 aliphatic rings. The van der Waals surface area contributed by atoms with Crippen molar-refractivity contribution in [2.45, 2.75) is 0 Å². The molecular weight excluding hydrogens is 243 g/mol. The second-order valence-electron chi connectivity index (χ2n) is 3.36. The maximum Gasteiger partial charge on any atom is 0.331 e. The van der Waals surface area contributed by atoms with Gasteiger partial charge < -0.3 is 5.32 Å². The number of aromatic nitrogens is 2. The van der Waals surface area contributed by atoms with Crippen molar-refractivity contribution < 1.29 is 14.1 Å². The second-order valence-corrected chi connectivity index (χ2v) is 3.36. The molecule has 1 N–H and O–H groups in total. The van der Waals surface area contributed by atoms with Gasteiger partial charge in [0.05, 0.1) is 16.7 Å². The van der Waals surface area contributed by atoms with Crippen molar-refractivity contribution in [3.8, 4) is 0 Å². The number of nitro benzene ring substituents is 1. The van der Waals surface area contributed by atoms with E-state index < -0.39 is 22.5 Å². The third-order valence-electron chi connectivity index (χ3n) is 2.08. The van der Waals surface area contributed by atoms with Gasteiger partial charge in [-0.1, -0.05) is 0 Å². The molecular formula is C10H7FN4O3. The van der Waals surface area contributed by atoms with Crippen LogP contribution in [-0.2, 0) is 0 Å². The Labute approximate surface area is 100 Å². The van der Waals surface area contributed by atoms with E-state index in [0.717, 1.165) is 22.8 Å². The van der Waals surface area contributed by atoms with E-state index in [2.05, 4.69) is 10.3 Å². The zero-order chi connectivity index (χ0) is 13.1. The van der Waals surface area contributed by atoms with Crippen molar-refractivity contribution in [2.75, 3.05) is 5.32 Å². The van der Waals surface area contributed by atoms with E-state index in [1.807, 2.05) is 0 Å². The summed E-state index contributed by atoms with van der Waals surface area (Å²) >= 11 is 0. The van der Waals surface area contributed by atoms with Gasteiger partial charge >= 0.3 is 6.03 Å². The maximum absolute atomic E-state index is 13.1. The van der Waals surface area contributed by atoms with Gasteiger partial charge in [-0.25, -0.2) is 14.2 Å². The number of carbonyl (C=O) groups is 1. The molecule has 0 atom stereocenters. The third-order valence-corrected chi connectivity index (χ3v) is 2.08. The van der Waals surface area contributed by atoms with Crippen molar-refractivity contribution in [1.82, 2.24) is 9.55 Å². The number of nitrogens with one attached hydrogen (secondary N) is 1. The zero-order valence-electron chi connectivity index (χ0n) is 8.91. The van der Waals surface area contributed by atoms with E-state index in [-0.39, 0.29) is 5.69 Å². The number of rotatable bonds is 2. The summed E-state index contributed by atoms with van der Waals surface area (Å²) in [7, 11) is 0. The molecule has 1 aromatic heterocycles. The number of halogens is 1. The van der Waals surface area contributed by atoms with Crippen molar-refractivity contribution >= 4 is 17.4 Å². The summed E-state index contributed by atoms with van der Waals surface area (Å²) in [6.07, 6.45) is 4.04. The van der Waals surface area contributed by atoms with Crippen LogP contribution in [0.3, 0.4) is 0 Å². The Morgan fingerprint density at radius 3 is 2.83 bits per heavy atom. The van der Waals surface area contributed by atoms with E-state index >= 15 is 0 Å². The van der Waals surface area contributed by atoms with Gasteiger partial charge in [0, 0.05) is 18.5 Å². The highest BCUT2D eigenvalue weighted by atomic mass is 19.1. The normalized spacial score (nSPS) is 10.1. The van der Waals surface area contributed by atoms with Gasteiger partial charge in [-0.3, -0.25) is 14.7 Å². The summed E-state index contributed by atoms with van der Waals surface area (Å²) < 4.78 is 14.2. The van der Waals surface area contributed by atoms with E-state index in [9.17, 15) is 19.3 Å². The summed E-state index contributed by atoms with van der Waals surface area (Å²) in [5, 5.41) is 12.9. The first-order valence-corrected chi connectivity index (χ1v) is 4.80. The van der Waals surface area contributed by atoms with Gasteiger partial charge in [0.1, 0.15) is 12.1 Å². The summed E-state index contributed by atoms with van der Waals surface area (Å²) in [4.78, 5) is 25.0. The molecule has 7 nitrogen and oxygen atoms in total. The molecule has 8 heteroatoms. The zero-order valence-corrected chi connectivity index (χ0v) is 8.91. The van der Waals surface area contributed by atoms with Crippen LogP contribution in [0.25, 0.3) is 0 Å². The first-order chi connectivity index (χ1) is 8.56. The summed E-state index contributed by atoms with van der Waals surface area (Å²) in [6.45, 7) is 0. The molecule has 2 aromatic rings. The Morgan fingerprint density at radius 2 is 2.22 bits per heavy atom. The number of anilines is 1. The van der Waals surface area contributed by atoms with E-state index in [1.165, 1.54) is 18.7 Å². The Bertz CT molecular complexity index is 597. The fourth-order valence-electron chi connectivity index (χ4n) is 1.32. The van der Waals surface area contributed by atoms with Crippen molar-refractivity contribution in [2.24, 2.45) is 0 Å². The van der Waals surface area contributed by atoms with Crippen LogP contribution in [-0.4, -0.2) is 20.5 Å². The molecule has 0 saturated heterocycles. The van der Waals surface area contributed by atoms with Crippen LogP contribution in [0, 0.1) is 15.9 Å². The van der Waals surface area contributed by atoms with Crippen LogP contribution in [0.2, 0.25) is 0 Å². The molecule has 0 fully saturated rings. The van der Waals surface area contributed by atoms with Crippen molar-refractivity contribution in [3.05, 3.63) is 52.9 Å². The molecule has 0 radical (unpaired) electrons. The number of non-ortho nitro benzene ring substituents is 1. The lowest BCUT2D eigenvalue weighted by atomic mass is 10.2. The van der Waals surface area contributed by atoms with E-state index in [4.69, 9.17) is 0 Å². The van der Waals surface area contributed by atoms with E-state index in [0.29, 0.717) is 0 Å². The molecule has 18 heavy (non-hydrogen) atoms. The maximum atomic E-state index is 13.1. The number of amides is 1. The van der Waals surface area contributed by atoms with Crippen molar-refractivity contribution in [1.29, 1.82) is 0 Å². The Balaban J connectivity index is 2.24. The molecule has 0 unspecified atom stereocenters. The number of benzene rings is 1. The SMILES string of the molecule is O=C(Nc1cc(F)cc([N+](=O)[O-])c1)n1ccnc1. The van der Waals surface area contributed by atoms with Gasteiger partial charge in [0.15, 0.2) is 0 Å². The first kappa shape index (κ1) is 11.7. The molecule has 2 rings (SSSR count). The van der Waals surface area contributed by atoms with Crippen LogP contribution >= 0.6 is 0 Å². The second kappa shape index (κ2) is 4.62.